The normalized spacial score (nSPS) is 21.8. The van der Waals surface area contributed by atoms with Crippen LogP contribution < -0.4 is 5.32 Å². The summed E-state index contributed by atoms with van der Waals surface area (Å²) in [5, 5.41) is 3.30. The quantitative estimate of drug-likeness (QED) is 0.852. The Labute approximate surface area is 113 Å². The maximum atomic E-state index is 13.7. The molecule has 1 saturated carbocycles. The molecule has 0 heterocycles. The number of aryl methyl sites for hydroxylation is 1. The van der Waals surface area contributed by atoms with Crippen molar-refractivity contribution in [2.45, 2.75) is 31.7 Å². The fourth-order valence-corrected chi connectivity index (χ4v) is 2.69. The Kier molecular flexibility index (Phi) is 3.24. The summed E-state index contributed by atoms with van der Waals surface area (Å²) in [5.41, 5.74) is 2.98. The van der Waals surface area contributed by atoms with Crippen molar-refractivity contribution in [3.63, 3.8) is 0 Å². The molecule has 19 heavy (non-hydrogen) atoms. The fourth-order valence-electron chi connectivity index (χ4n) is 2.69. The zero-order chi connectivity index (χ0) is 13.2. The van der Waals surface area contributed by atoms with Crippen molar-refractivity contribution in [2.75, 3.05) is 5.32 Å². The van der Waals surface area contributed by atoms with Gasteiger partial charge in [-0.3, -0.25) is 0 Å². The van der Waals surface area contributed by atoms with Crippen LogP contribution >= 0.6 is 0 Å². The third-order valence-electron chi connectivity index (χ3n) is 3.89. The number of halogens is 1. The van der Waals surface area contributed by atoms with Crippen molar-refractivity contribution in [2.24, 2.45) is 0 Å². The van der Waals surface area contributed by atoms with Gasteiger partial charge in [-0.25, -0.2) is 4.39 Å². The highest BCUT2D eigenvalue weighted by molar-refractivity contribution is 5.47. The van der Waals surface area contributed by atoms with Gasteiger partial charge in [0.05, 0.1) is 5.69 Å². The van der Waals surface area contributed by atoms with Gasteiger partial charge in [0.2, 0.25) is 0 Å². The van der Waals surface area contributed by atoms with E-state index in [9.17, 15) is 4.39 Å². The van der Waals surface area contributed by atoms with Crippen LogP contribution in [-0.2, 0) is 0 Å². The molecule has 1 aliphatic rings. The zero-order valence-corrected chi connectivity index (χ0v) is 11.1. The summed E-state index contributed by atoms with van der Waals surface area (Å²) in [4.78, 5) is 0. The SMILES string of the molecule is Cc1ccc(NC2CC(c3ccccc3)C2)c(F)c1. The van der Waals surface area contributed by atoms with Crippen molar-refractivity contribution in [3.8, 4) is 0 Å². The van der Waals surface area contributed by atoms with Crippen molar-refractivity contribution in [3.05, 3.63) is 65.5 Å². The van der Waals surface area contributed by atoms with Gasteiger partial charge in [-0.15, -0.1) is 0 Å². The van der Waals surface area contributed by atoms with Crippen LogP contribution in [0.4, 0.5) is 10.1 Å². The predicted molar refractivity (Wildman–Crippen MR) is 77.0 cm³/mol. The van der Waals surface area contributed by atoms with Gasteiger partial charge in [-0.2, -0.15) is 0 Å². The number of rotatable bonds is 3. The first-order valence-electron chi connectivity index (χ1n) is 6.80. The second-order valence-electron chi connectivity index (χ2n) is 5.40. The number of hydrogen-bond acceptors (Lipinski definition) is 1. The van der Waals surface area contributed by atoms with Crippen LogP contribution in [0.3, 0.4) is 0 Å². The zero-order valence-electron chi connectivity index (χ0n) is 11.1. The number of benzene rings is 2. The lowest BCUT2D eigenvalue weighted by molar-refractivity contribution is 0.373. The number of nitrogens with one attached hydrogen (secondary N) is 1. The highest BCUT2D eigenvalue weighted by Crippen LogP contribution is 2.38. The predicted octanol–water partition coefficient (Wildman–Crippen LogP) is 4.49. The van der Waals surface area contributed by atoms with Gasteiger partial charge in [0.1, 0.15) is 5.82 Å². The first-order chi connectivity index (χ1) is 9.22. The smallest absolute Gasteiger partial charge is 0.146 e. The summed E-state index contributed by atoms with van der Waals surface area (Å²) in [6.45, 7) is 1.90. The summed E-state index contributed by atoms with van der Waals surface area (Å²) >= 11 is 0. The van der Waals surface area contributed by atoms with Crippen LogP contribution in [0.2, 0.25) is 0 Å². The second kappa shape index (κ2) is 5.04. The monoisotopic (exact) mass is 255 g/mol. The Hall–Kier alpha value is -1.83. The molecule has 0 amide bonds. The van der Waals surface area contributed by atoms with E-state index in [0.717, 1.165) is 18.4 Å². The third kappa shape index (κ3) is 2.62. The molecule has 0 atom stereocenters. The lowest BCUT2D eigenvalue weighted by atomic mass is 9.76. The third-order valence-corrected chi connectivity index (χ3v) is 3.89. The first kappa shape index (κ1) is 12.2. The molecule has 0 saturated heterocycles. The Balaban J connectivity index is 1.60. The van der Waals surface area contributed by atoms with Crippen molar-refractivity contribution >= 4 is 5.69 Å². The minimum Gasteiger partial charge on any atom is -0.380 e. The van der Waals surface area contributed by atoms with Crippen molar-refractivity contribution in [1.29, 1.82) is 0 Å². The molecule has 1 N–H and O–H groups in total. The van der Waals surface area contributed by atoms with E-state index in [2.05, 4.69) is 29.6 Å². The molecule has 0 bridgehead atoms. The summed E-state index contributed by atoms with van der Waals surface area (Å²) in [6.07, 6.45) is 2.16. The molecule has 2 aromatic rings. The molecular weight excluding hydrogens is 237 g/mol. The molecule has 3 rings (SSSR count). The molecule has 1 aliphatic carbocycles. The Morgan fingerprint density at radius 2 is 1.79 bits per heavy atom. The average Bonchev–Trinajstić information content (AvgIpc) is 2.36. The van der Waals surface area contributed by atoms with Gasteiger partial charge in [-0.1, -0.05) is 36.4 Å². The highest BCUT2D eigenvalue weighted by atomic mass is 19.1. The second-order valence-corrected chi connectivity index (χ2v) is 5.40. The van der Waals surface area contributed by atoms with Gasteiger partial charge >= 0.3 is 0 Å². The van der Waals surface area contributed by atoms with Gasteiger partial charge in [0.15, 0.2) is 0 Å². The van der Waals surface area contributed by atoms with Crippen LogP contribution in [0.25, 0.3) is 0 Å². The van der Waals surface area contributed by atoms with Crippen molar-refractivity contribution < 1.29 is 4.39 Å². The van der Waals surface area contributed by atoms with Gasteiger partial charge in [0, 0.05) is 6.04 Å². The lowest BCUT2D eigenvalue weighted by Gasteiger charge is -2.37. The first-order valence-corrected chi connectivity index (χ1v) is 6.80. The van der Waals surface area contributed by atoms with Crippen LogP contribution in [0.5, 0.6) is 0 Å². The molecule has 1 fully saturated rings. The number of anilines is 1. The van der Waals surface area contributed by atoms with E-state index in [-0.39, 0.29) is 5.82 Å². The summed E-state index contributed by atoms with van der Waals surface area (Å²) < 4.78 is 13.7. The van der Waals surface area contributed by atoms with Gasteiger partial charge < -0.3 is 5.32 Å². The van der Waals surface area contributed by atoms with Gasteiger partial charge in [-0.05, 0) is 48.9 Å². The molecule has 0 aliphatic heterocycles. The summed E-state index contributed by atoms with van der Waals surface area (Å²) in [7, 11) is 0. The van der Waals surface area contributed by atoms with Crippen LogP contribution in [0, 0.1) is 12.7 Å². The van der Waals surface area contributed by atoms with E-state index in [4.69, 9.17) is 0 Å². The topological polar surface area (TPSA) is 12.0 Å². The van der Waals surface area contributed by atoms with E-state index in [1.165, 1.54) is 5.56 Å². The molecule has 1 nitrogen and oxygen atoms in total. The van der Waals surface area contributed by atoms with E-state index in [1.54, 1.807) is 6.07 Å². The molecular formula is C17H18FN. The minimum atomic E-state index is -0.150. The Bertz CT molecular complexity index is 559. The largest absolute Gasteiger partial charge is 0.380 e. The maximum absolute atomic E-state index is 13.7. The summed E-state index contributed by atoms with van der Waals surface area (Å²) in [6, 6.07) is 16.3. The van der Waals surface area contributed by atoms with E-state index in [1.807, 2.05) is 25.1 Å². The molecule has 0 aromatic heterocycles. The highest BCUT2D eigenvalue weighted by Gasteiger charge is 2.30. The summed E-state index contributed by atoms with van der Waals surface area (Å²) in [5.74, 6) is 0.468. The van der Waals surface area contributed by atoms with E-state index in [0.29, 0.717) is 17.6 Å². The van der Waals surface area contributed by atoms with Crippen LogP contribution in [-0.4, -0.2) is 6.04 Å². The van der Waals surface area contributed by atoms with Crippen LogP contribution in [0.1, 0.15) is 29.9 Å². The van der Waals surface area contributed by atoms with E-state index < -0.39 is 0 Å². The Morgan fingerprint density at radius 3 is 2.47 bits per heavy atom. The molecule has 0 unspecified atom stereocenters. The Morgan fingerprint density at radius 1 is 1.05 bits per heavy atom. The average molecular weight is 255 g/mol. The standard InChI is InChI=1S/C17H18FN/c1-12-7-8-17(16(18)9-12)19-15-10-14(11-15)13-5-3-2-4-6-13/h2-9,14-15,19H,10-11H2,1H3. The molecule has 0 radical (unpaired) electrons. The fraction of sp³-hybridized carbons (Fsp3) is 0.294. The molecule has 2 heteroatoms. The van der Waals surface area contributed by atoms with Crippen molar-refractivity contribution in [1.82, 2.24) is 0 Å². The molecule has 98 valence electrons. The lowest BCUT2D eigenvalue weighted by Crippen LogP contribution is -2.34. The minimum absolute atomic E-state index is 0.150. The van der Waals surface area contributed by atoms with Crippen LogP contribution in [0.15, 0.2) is 48.5 Å². The van der Waals surface area contributed by atoms with E-state index >= 15 is 0 Å². The molecule has 0 spiro atoms. The van der Waals surface area contributed by atoms with Gasteiger partial charge in [0.25, 0.3) is 0 Å². The maximum Gasteiger partial charge on any atom is 0.146 e. The molecule has 2 aromatic carbocycles. The number of hydrogen-bond donors (Lipinski definition) is 1.